The Bertz CT molecular complexity index is 976. The number of nitrogens with one attached hydrogen (secondary N) is 1. The zero-order chi connectivity index (χ0) is 21.5. The van der Waals surface area contributed by atoms with E-state index < -0.39 is 0 Å². The Morgan fingerprint density at radius 1 is 1.30 bits per heavy atom. The number of amides is 2. The van der Waals surface area contributed by atoms with E-state index in [1.54, 1.807) is 12.1 Å². The summed E-state index contributed by atoms with van der Waals surface area (Å²) in [4.78, 5) is 26.9. The number of unbranched alkanes of at least 4 members (excludes halogenated alkanes) is 1. The molecule has 6 nitrogen and oxygen atoms in total. The minimum Gasteiger partial charge on any atom is -0.301 e. The number of carbonyl (C=O) groups excluding carboxylic acids is 2. The number of thiocarbonyl (C=S) groups is 1. The fraction of sp³-hybridized carbons (Fsp3) is 0.350. The third kappa shape index (κ3) is 6.10. The molecule has 1 saturated heterocycles. The van der Waals surface area contributed by atoms with Crippen molar-refractivity contribution in [1.82, 2.24) is 15.1 Å². The van der Waals surface area contributed by atoms with Crippen LogP contribution in [0.2, 0.25) is 5.02 Å². The summed E-state index contributed by atoms with van der Waals surface area (Å²) >= 11 is 14.2. The van der Waals surface area contributed by atoms with Crippen LogP contribution >= 0.6 is 46.9 Å². The second kappa shape index (κ2) is 11.0. The van der Waals surface area contributed by atoms with Gasteiger partial charge >= 0.3 is 0 Å². The van der Waals surface area contributed by atoms with Gasteiger partial charge in [-0.3, -0.25) is 14.5 Å². The summed E-state index contributed by atoms with van der Waals surface area (Å²) in [7, 11) is 0. The quantitative estimate of drug-likeness (QED) is 0.395. The van der Waals surface area contributed by atoms with Crippen LogP contribution in [0.5, 0.6) is 0 Å². The summed E-state index contributed by atoms with van der Waals surface area (Å²) in [6, 6.07) is 7.32. The van der Waals surface area contributed by atoms with Gasteiger partial charge in [0, 0.05) is 24.4 Å². The number of aromatic nitrogens is 2. The van der Waals surface area contributed by atoms with Gasteiger partial charge in [-0.1, -0.05) is 78.5 Å². The van der Waals surface area contributed by atoms with E-state index in [9.17, 15) is 9.59 Å². The van der Waals surface area contributed by atoms with Gasteiger partial charge in [-0.2, -0.15) is 0 Å². The topological polar surface area (TPSA) is 75.2 Å². The summed E-state index contributed by atoms with van der Waals surface area (Å²) in [6.07, 6.45) is 5.53. The fourth-order valence-corrected chi connectivity index (χ4v) is 5.03. The van der Waals surface area contributed by atoms with Crippen LogP contribution in [0.1, 0.15) is 43.2 Å². The van der Waals surface area contributed by atoms with Gasteiger partial charge < -0.3 is 5.32 Å². The van der Waals surface area contributed by atoms with Crippen molar-refractivity contribution in [1.29, 1.82) is 0 Å². The van der Waals surface area contributed by atoms with Crippen molar-refractivity contribution in [2.75, 3.05) is 11.9 Å². The Hall–Kier alpha value is -1.81. The number of anilines is 1. The van der Waals surface area contributed by atoms with Crippen molar-refractivity contribution in [3.8, 4) is 0 Å². The molecule has 30 heavy (non-hydrogen) atoms. The normalized spacial score (nSPS) is 15.3. The second-order valence-electron chi connectivity index (χ2n) is 6.61. The number of aryl methyl sites for hydroxylation is 1. The van der Waals surface area contributed by atoms with Crippen LogP contribution in [0.15, 0.2) is 29.2 Å². The largest absolute Gasteiger partial charge is 0.301 e. The molecule has 0 radical (unpaired) electrons. The Morgan fingerprint density at radius 3 is 2.87 bits per heavy atom. The van der Waals surface area contributed by atoms with E-state index in [2.05, 4.69) is 22.4 Å². The molecular weight excluding hydrogens is 460 g/mol. The minimum absolute atomic E-state index is 0.148. The molecule has 0 bridgehead atoms. The molecule has 2 aromatic rings. The van der Waals surface area contributed by atoms with Crippen LogP contribution in [-0.4, -0.2) is 37.8 Å². The van der Waals surface area contributed by atoms with Gasteiger partial charge in [-0.05, 0) is 30.5 Å². The van der Waals surface area contributed by atoms with Gasteiger partial charge in [0.1, 0.15) is 9.33 Å². The van der Waals surface area contributed by atoms with Gasteiger partial charge in [0.05, 0.1) is 4.91 Å². The van der Waals surface area contributed by atoms with E-state index in [4.69, 9.17) is 23.8 Å². The SMILES string of the molecule is CCCCc1nnc(NC(=O)CCCN2C(=O)/C(=C\c3ccccc3Cl)SC2=S)s1. The summed E-state index contributed by atoms with van der Waals surface area (Å²) in [5.41, 5.74) is 0.773. The van der Waals surface area contributed by atoms with E-state index in [-0.39, 0.29) is 18.2 Å². The maximum Gasteiger partial charge on any atom is 0.266 e. The van der Waals surface area contributed by atoms with Gasteiger partial charge in [-0.15, -0.1) is 10.2 Å². The maximum atomic E-state index is 12.7. The maximum absolute atomic E-state index is 12.7. The molecule has 1 aliphatic rings. The summed E-state index contributed by atoms with van der Waals surface area (Å²) in [5.74, 6) is -0.305. The third-order valence-corrected chi connectivity index (χ3v) is 6.93. The van der Waals surface area contributed by atoms with Crippen molar-refractivity contribution in [3.63, 3.8) is 0 Å². The second-order valence-corrected chi connectivity index (χ2v) is 9.76. The first-order valence-corrected chi connectivity index (χ1v) is 12.0. The van der Waals surface area contributed by atoms with Crippen molar-refractivity contribution >= 4 is 74.3 Å². The molecule has 0 atom stereocenters. The molecule has 1 N–H and O–H groups in total. The third-order valence-electron chi connectivity index (χ3n) is 4.31. The molecule has 0 aliphatic carbocycles. The van der Waals surface area contributed by atoms with Crippen LogP contribution in [-0.2, 0) is 16.0 Å². The van der Waals surface area contributed by atoms with Crippen LogP contribution < -0.4 is 5.32 Å². The minimum atomic E-state index is -0.157. The number of benzene rings is 1. The molecule has 1 aromatic heterocycles. The molecule has 0 unspecified atom stereocenters. The summed E-state index contributed by atoms with van der Waals surface area (Å²) in [6.45, 7) is 2.50. The number of carbonyl (C=O) groups is 2. The lowest BCUT2D eigenvalue weighted by Crippen LogP contribution is -2.29. The lowest BCUT2D eigenvalue weighted by Gasteiger charge is -2.13. The number of nitrogens with zero attached hydrogens (tertiary/aromatic N) is 3. The Balaban J connectivity index is 1.49. The molecule has 0 saturated carbocycles. The lowest BCUT2D eigenvalue weighted by atomic mass is 10.2. The van der Waals surface area contributed by atoms with E-state index in [0.717, 1.165) is 29.8 Å². The van der Waals surface area contributed by atoms with Gasteiger partial charge in [0.15, 0.2) is 0 Å². The number of hydrogen-bond acceptors (Lipinski definition) is 7. The standard InChI is InChI=1S/C20H21ClN4O2S3/c1-2-3-10-17-23-24-19(30-17)22-16(26)9-6-11-25-18(27)15(29-20(25)28)12-13-7-4-5-8-14(13)21/h4-5,7-8,12H,2-3,6,9-11H2,1H3,(H,22,24,26)/b15-12+. The van der Waals surface area contributed by atoms with E-state index >= 15 is 0 Å². The number of rotatable bonds is 9. The summed E-state index contributed by atoms with van der Waals surface area (Å²) in [5, 5.41) is 12.9. The molecule has 1 fully saturated rings. The average Bonchev–Trinajstić information content (AvgIpc) is 3.27. The fourth-order valence-electron chi connectivity index (χ4n) is 2.74. The molecule has 0 spiro atoms. The highest BCUT2D eigenvalue weighted by Gasteiger charge is 2.31. The van der Waals surface area contributed by atoms with Gasteiger partial charge in [0.25, 0.3) is 5.91 Å². The highest BCUT2D eigenvalue weighted by Crippen LogP contribution is 2.33. The molecule has 10 heteroatoms. The molecule has 2 amide bonds. The first-order chi connectivity index (χ1) is 14.5. The first kappa shape index (κ1) is 22.9. The van der Waals surface area contributed by atoms with Crippen molar-refractivity contribution in [3.05, 3.63) is 44.8 Å². The lowest BCUT2D eigenvalue weighted by molar-refractivity contribution is -0.122. The first-order valence-electron chi connectivity index (χ1n) is 9.60. The Kier molecular flexibility index (Phi) is 8.38. The molecule has 158 valence electrons. The Morgan fingerprint density at radius 2 is 2.10 bits per heavy atom. The highest BCUT2D eigenvalue weighted by atomic mass is 35.5. The van der Waals surface area contributed by atoms with Crippen LogP contribution in [0.4, 0.5) is 5.13 Å². The number of thioether (sulfide) groups is 1. The van der Waals surface area contributed by atoms with Crippen LogP contribution in [0.3, 0.4) is 0 Å². The summed E-state index contributed by atoms with van der Waals surface area (Å²) < 4.78 is 0.489. The molecule has 2 heterocycles. The van der Waals surface area contributed by atoms with Crippen molar-refractivity contribution in [2.45, 2.75) is 39.0 Å². The molecular formula is C20H21ClN4O2S3. The van der Waals surface area contributed by atoms with Gasteiger partial charge in [-0.25, -0.2) is 0 Å². The zero-order valence-corrected chi connectivity index (χ0v) is 19.6. The van der Waals surface area contributed by atoms with E-state index in [1.807, 2.05) is 18.2 Å². The number of hydrogen-bond donors (Lipinski definition) is 1. The molecule has 1 aromatic carbocycles. The van der Waals surface area contributed by atoms with E-state index in [0.29, 0.717) is 32.3 Å². The zero-order valence-electron chi connectivity index (χ0n) is 16.4. The average molecular weight is 481 g/mol. The predicted molar refractivity (Wildman–Crippen MR) is 128 cm³/mol. The Labute approximate surface area is 194 Å². The van der Waals surface area contributed by atoms with Crippen molar-refractivity contribution < 1.29 is 9.59 Å². The monoisotopic (exact) mass is 480 g/mol. The van der Waals surface area contributed by atoms with Crippen molar-refractivity contribution in [2.24, 2.45) is 0 Å². The molecule has 1 aliphatic heterocycles. The highest BCUT2D eigenvalue weighted by molar-refractivity contribution is 8.26. The van der Waals surface area contributed by atoms with E-state index in [1.165, 1.54) is 28.0 Å². The smallest absolute Gasteiger partial charge is 0.266 e. The van der Waals surface area contributed by atoms with Crippen LogP contribution in [0.25, 0.3) is 6.08 Å². The van der Waals surface area contributed by atoms with Crippen LogP contribution in [0, 0.1) is 0 Å². The molecule has 3 rings (SSSR count). The van der Waals surface area contributed by atoms with Gasteiger partial charge in [0.2, 0.25) is 11.0 Å². The number of halogens is 1. The predicted octanol–water partition coefficient (Wildman–Crippen LogP) is 5.15.